The molecule has 88 valence electrons. The molecule has 0 N–H and O–H groups in total. The van der Waals surface area contributed by atoms with Gasteiger partial charge in [-0.2, -0.15) is 0 Å². The summed E-state index contributed by atoms with van der Waals surface area (Å²) in [6.07, 6.45) is 1.79. The van der Waals surface area contributed by atoms with Gasteiger partial charge in [-0.25, -0.2) is 0 Å². The maximum atomic E-state index is 6.01. The van der Waals surface area contributed by atoms with Gasteiger partial charge in [0, 0.05) is 11.8 Å². The van der Waals surface area contributed by atoms with Gasteiger partial charge < -0.3 is 0 Å². The Hall–Kier alpha value is -2.35. The molecule has 0 amide bonds. The van der Waals surface area contributed by atoms with E-state index >= 15 is 0 Å². The van der Waals surface area contributed by atoms with Crippen LogP contribution < -0.4 is 5.46 Å². The Morgan fingerprint density at radius 2 is 1.42 bits per heavy atom. The van der Waals surface area contributed by atoms with Crippen molar-refractivity contribution in [2.75, 3.05) is 0 Å². The molecule has 0 aliphatic heterocycles. The maximum Gasteiger partial charge on any atom is 0.113 e. The number of aromatic nitrogens is 1. The molecule has 1 heterocycles. The molecule has 0 saturated carbocycles. The molecule has 0 saturated heterocycles. The standard InChI is InChI=1S/C17H12BN/c18-16-11-14(13-6-2-1-3-7-13)10-15(12-16)17-8-4-5-9-19-17/h1-12H. The zero-order valence-electron chi connectivity index (χ0n) is 10.5. The van der Waals surface area contributed by atoms with E-state index in [1.807, 2.05) is 48.5 Å². The van der Waals surface area contributed by atoms with Gasteiger partial charge in [0.15, 0.2) is 0 Å². The molecule has 2 aromatic carbocycles. The Morgan fingerprint density at radius 3 is 2.16 bits per heavy atom. The molecule has 0 fully saturated rings. The van der Waals surface area contributed by atoms with Crippen LogP contribution in [-0.4, -0.2) is 12.8 Å². The van der Waals surface area contributed by atoms with Crippen LogP contribution in [0, 0.1) is 0 Å². The Balaban J connectivity index is 2.12. The van der Waals surface area contributed by atoms with Crippen molar-refractivity contribution >= 4 is 13.3 Å². The molecule has 0 aliphatic carbocycles. The van der Waals surface area contributed by atoms with E-state index in [9.17, 15) is 0 Å². The van der Waals surface area contributed by atoms with Crippen molar-refractivity contribution in [3.8, 4) is 22.4 Å². The minimum absolute atomic E-state index is 0.752. The predicted octanol–water partition coefficient (Wildman–Crippen LogP) is 3.21. The summed E-state index contributed by atoms with van der Waals surface area (Å²) < 4.78 is 0. The van der Waals surface area contributed by atoms with E-state index in [0.717, 1.165) is 27.8 Å². The van der Waals surface area contributed by atoms with Crippen molar-refractivity contribution in [3.63, 3.8) is 0 Å². The van der Waals surface area contributed by atoms with E-state index in [-0.39, 0.29) is 0 Å². The molecule has 0 aliphatic rings. The quantitative estimate of drug-likeness (QED) is 0.628. The Bertz CT molecular complexity index is 620. The lowest BCUT2D eigenvalue weighted by atomic mass is 9.89. The molecule has 19 heavy (non-hydrogen) atoms. The average molecular weight is 241 g/mol. The lowest BCUT2D eigenvalue weighted by Gasteiger charge is -2.08. The molecule has 2 radical (unpaired) electrons. The van der Waals surface area contributed by atoms with Gasteiger partial charge >= 0.3 is 0 Å². The maximum absolute atomic E-state index is 6.01. The van der Waals surface area contributed by atoms with Crippen LogP contribution in [-0.2, 0) is 0 Å². The van der Waals surface area contributed by atoms with Crippen molar-refractivity contribution < 1.29 is 0 Å². The third-order valence-corrected chi connectivity index (χ3v) is 3.02. The van der Waals surface area contributed by atoms with Gasteiger partial charge in [-0.3, -0.25) is 4.98 Å². The molecule has 3 rings (SSSR count). The van der Waals surface area contributed by atoms with Crippen LogP contribution in [0.1, 0.15) is 0 Å². The second kappa shape index (κ2) is 5.11. The van der Waals surface area contributed by atoms with E-state index in [1.165, 1.54) is 0 Å². The second-order valence-corrected chi connectivity index (χ2v) is 4.42. The number of hydrogen-bond donors (Lipinski definition) is 0. The predicted molar refractivity (Wildman–Crippen MR) is 80.5 cm³/mol. The first-order chi connectivity index (χ1) is 9.33. The Labute approximate surface area is 114 Å². The highest BCUT2D eigenvalue weighted by molar-refractivity contribution is 6.33. The van der Waals surface area contributed by atoms with Gasteiger partial charge in [0.25, 0.3) is 0 Å². The van der Waals surface area contributed by atoms with Crippen molar-refractivity contribution in [2.45, 2.75) is 0 Å². The van der Waals surface area contributed by atoms with Crippen molar-refractivity contribution in [1.29, 1.82) is 0 Å². The summed E-state index contributed by atoms with van der Waals surface area (Å²) in [5, 5.41) is 0. The summed E-state index contributed by atoms with van der Waals surface area (Å²) >= 11 is 0. The number of nitrogens with zero attached hydrogens (tertiary/aromatic N) is 1. The molecule has 3 aromatic rings. The van der Waals surface area contributed by atoms with Crippen molar-refractivity contribution in [3.05, 3.63) is 72.9 Å². The summed E-state index contributed by atoms with van der Waals surface area (Å²) in [5.74, 6) is 0. The highest BCUT2D eigenvalue weighted by atomic mass is 14.7. The first-order valence-electron chi connectivity index (χ1n) is 6.20. The lowest BCUT2D eigenvalue weighted by molar-refractivity contribution is 1.33. The minimum atomic E-state index is 0.752. The summed E-state index contributed by atoms with van der Waals surface area (Å²) in [6, 6.07) is 22.2. The first kappa shape index (κ1) is 11.7. The Morgan fingerprint density at radius 1 is 0.684 bits per heavy atom. The van der Waals surface area contributed by atoms with Crippen LogP contribution >= 0.6 is 0 Å². The van der Waals surface area contributed by atoms with Crippen LogP contribution in [0.25, 0.3) is 22.4 Å². The zero-order chi connectivity index (χ0) is 13.1. The lowest BCUT2D eigenvalue weighted by Crippen LogP contribution is -2.03. The first-order valence-corrected chi connectivity index (χ1v) is 6.20. The second-order valence-electron chi connectivity index (χ2n) is 4.42. The molecule has 2 heteroatoms. The normalized spacial score (nSPS) is 10.3. The SMILES string of the molecule is [B]c1cc(-c2ccccc2)cc(-c2ccccn2)c1. The molecule has 0 spiro atoms. The molecule has 0 atom stereocenters. The van der Waals surface area contributed by atoms with E-state index < -0.39 is 0 Å². The molecular weight excluding hydrogens is 229 g/mol. The number of hydrogen-bond acceptors (Lipinski definition) is 1. The molecule has 0 bridgehead atoms. The van der Waals surface area contributed by atoms with Gasteiger partial charge in [-0.05, 0) is 29.3 Å². The van der Waals surface area contributed by atoms with Crippen LogP contribution in [0.5, 0.6) is 0 Å². The fraction of sp³-hybridized carbons (Fsp3) is 0. The fourth-order valence-corrected chi connectivity index (χ4v) is 2.13. The molecule has 1 aromatic heterocycles. The average Bonchev–Trinajstić information content (AvgIpc) is 2.48. The summed E-state index contributed by atoms with van der Waals surface area (Å²) in [5.41, 5.74) is 5.00. The highest BCUT2D eigenvalue weighted by Gasteiger charge is 2.03. The smallest absolute Gasteiger partial charge is 0.113 e. The van der Waals surface area contributed by atoms with Gasteiger partial charge in [0.1, 0.15) is 7.85 Å². The van der Waals surface area contributed by atoms with E-state index in [1.54, 1.807) is 6.20 Å². The molecule has 0 unspecified atom stereocenters. The third kappa shape index (κ3) is 2.58. The van der Waals surface area contributed by atoms with E-state index in [4.69, 9.17) is 7.85 Å². The molecular formula is C17H12BN. The fourth-order valence-electron chi connectivity index (χ4n) is 2.13. The number of pyridine rings is 1. The van der Waals surface area contributed by atoms with Gasteiger partial charge in [0.05, 0.1) is 5.69 Å². The third-order valence-electron chi connectivity index (χ3n) is 3.02. The zero-order valence-corrected chi connectivity index (χ0v) is 10.5. The van der Waals surface area contributed by atoms with Crippen LogP contribution in [0.15, 0.2) is 72.9 Å². The topological polar surface area (TPSA) is 12.9 Å². The van der Waals surface area contributed by atoms with Crippen molar-refractivity contribution in [1.82, 2.24) is 4.98 Å². The monoisotopic (exact) mass is 241 g/mol. The van der Waals surface area contributed by atoms with E-state index in [0.29, 0.717) is 0 Å². The molecule has 1 nitrogen and oxygen atoms in total. The minimum Gasteiger partial charge on any atom is -0.256 e. The summed E-state index contributed by atoms with van der Waals surface area (Å²) in [4.78, 5) is 4.37. The highest BCUT2D eigenvalue weighted by Crippen LogP contribution is 2.23. The van der Waals surface area contributed by atoms with Crippen molar-refractivity contribution in [2.24, 2.45) is 0 Å². The Kier molecular flexibility index (Phi) is 3.15. The largest absolute Gasteiger partial charge is 0.256 e. The van der Waals surface area contributed by atoms with Gasteiger partial charge in [-0.15, -0.1) is 0 Å². The number of rotatable bonds is 2. The van der Waals surface area contributed by atoms with Crippen LogP contribution in [0.2, 0.25) is 0 Å². The van der Waals surface area contributed by atoms with E-state index in [2.05, 4.69) is 23.2 Å². The number of benzene rings is 2. The summed E-state index contributed by atoms with van der Waals surface area (Å²) in [6.45, 7) is 0. The van der Waals surface area contributed by atoms with Crippen LogP contribution in [0.4, 0.5) is 0 Å². The summed E-state index contributed by atoms with van der Waals surface area (Å²) in [7, 11) is 6.01. The van der Waals surface area contributed by atoms with Gasteiger partial charge in [0.2, 0.25) is 0 Å². The van der Waals surface area contributed by atoms with Gasteiger partial charge in [-0.1, -0.05) is 54.0 Å². The van der Waals surface area contributed by atoms with Crippen LogP contribution in [0.3, 0.4) is 0 Å².